The highest BCUT2D eigenvalue weighted by Gasteiger charge is 2.05. The summed E-state index contributed by atoms with van der Waals surface area (Å²) < 4.78 is 0. The number of rotatable bonds is 2. The van der Waals surface area contributed by atoms with Gasteiger partial charge in [0.1, 0.15) is 6.07 Å². The third kappa shape index (κ3) is 2.32. The molecule has 3 heteroatoms. The summed E-state index contributed by atoms with van der Waals surface area (Å²) in [5, 5.41) is 9.01. The zero-order chi connectivity index (χ0) is 12.3. The maximum Gasteiger partial charge on any atom is 0.101 e. The van der Waals surface area contributed by atoms with E-state index in [1.807, 2.05) is 37.3 Å². The fraction of sp³-hybridized carbons (Fsp3) is 0.143. The van der Waals surface area contributed by atoms with Crippen molar-refractivity contribution >= 4 is 0 Å². The van der Waals surface area contributed by atoms with Crippen LogP contribution in [0.25, 0.3) is 11.1 Å². The van der Waals surface area contributed by atoms with Crippen LogP contribution in [0.3, 0.4) is 0 Å². The van der Waals surface area contributed by atoms with Gasteiger partial charge in [-0.25, -0.2) is 0 Å². The van der Waals surface area contributed by atoms with E-state index in [4.69, 9.17) is 11.0 Å². The van der Waals surface area contributed by atoms with Crippen molar-refractivity contribution in [1.29, 1.82) is 5.26 Å². The fourth-order valence-corrected chi connectivity index (χ4v) is 1.70. The minimum Gasteiger partial charge on any atom is -0.324 e. The lowest BCUT2D eigenvalue weighted by Crippen LogP contribution is -2.04. The minimum absolute atomic E-state index is 0.0249. The molecule has 0 aliphatic rings. The van der Waals surface area contributed by atoms with Crippen molar-refractivity contribution in [3.05, 3.63) is 53.9 Å². The van der Waals surface area contributed by atoms with Crippen molar-refractivity contribution in [1.82, 2.24) is 4.98 Å². The molecule has 2 rings (SSSR count). The number of hydrogen-bond donors (Lipinski definition) is 1. The van der Waals surface area contributed by atoms with Gasteiger partial charge in [0.25, 0.3) is 0 Å². The second-order valence-electron chi connectivity index (χ2n) is 3.94. The van der Waals surface area contributed by atoms with E-state index in [0.29, 0.717) is 5.56 Å². The summed E-state index contributed by atoms with van der Waals surface area (Å²) in [7, 11) is 0. The van der Waals surface area contributed by atoms with Gasteiger partial charge in [-0.3, -0.25) is 4.98 Å². The zero-order valence-electron chi connectivity index (χ0n) is 9.59. The van der Waals surface area contributed by atoms with Gasteiger partial charge in [0, 0.05) is 24.0 Å². The molecule has 1 heterocycles. The highest BCUT2D eigenvalue weighted by Crippen LogP contribution is 2.23. The van der Waals surface area contributed by atoms with Crippen LogP contribution >= 0.6 is 0 Å². The monoisotopic (exact) mass is 223 g/mol. The standard InChI is InChI=1S/C14H13N3/c1-10(16)11-2-4-12(5-3-11)14-6-7-17-9-13(14)8-15/h2-7,9-10H,16H2,1H3/t10-/m1/s1. The number of benzene rings is 1. The van der Waals surface area contributed by atoms with E-state index in [1.165, 1.54) is 0 Å². The van der Waals surface area contributed by atoms with Crippen LogP contribution < -0.4 is 5.73 Å². The van der Waals surface area contributed by atoms with Crippen LogP contribution in [0.2, 0.25) is 0 Å². The molecule has 0 saturated heterocycles. The summed E-state index contributed by atoms with van der Waals surface area (Å²) in [5.74, 6) is 0. The molecule has 3 nitrogen and oxygen atoms in total. The maximum absolute atomic E-state index is 9.01. The topological polar surface area (TPSA) is 62.7 Å². The Balaban J connectivity index is 2.44. The number of nitriles is 1. The molecule has 0 unspecified atom stereocenters. The number of nitrogens with zero attached hydrogens (tertiary/aromatic N) is 2. The molecule has 0 bridgehead atoms. The van der Waals surface area contributed by atoms with E-state index >= 15 is 0 Å². The Hall–Kier alpha value is -2.18. The lowest BCUT2D eigenvalue weighted by molar-refractivity contribution is 0.818. The zero-order valence-corrected chi connectivity index (χ0v) is 9.59. The van der Waals surface area contributed by atoms with E-state index < -0.39 is 0 Å². The summed E-state index contributed by atoms with van der Waals surface area (Å²) in [6.07, 6.45) is 3.27. The first-order valence-corrected chi connectivity index (χ1v) is 5.42. The Bertz CT molecular complexity index is 550. The predicted octanol–water partition coefficient (Wildman–Crippen LogP) is 2.64. The molecule has 0 saturated carbocycles. The summed E-state index contributed by atoms with van der Waals surface area (Å²) in [4.78, 5) is 3.94. The van der Waals surface area contributed by atoms with Crippen LogP contribution in [0.5, 0.6) is 0 Å². The molecule has 84 valence electrons. The number of aromatic nitrogens is 1. The van der Waals surface area contributed by atoms with Gasteiger partial charge in [-0.1, -0.05) is 24.3 Å². The first kappa shape index (κ1) is 11.3. The van der Waals surface area contributed by atoms with Crippen molar-refractivity contribution in [3.8, 4) is 17.2 Å². The summed E-state index contributed by atoms with van der Waals surface area (Å²) in [6, 6.07) is 12.0. The van der Waals surface area contributed by atoms with E-state index in [9.17, 15) is 0 Å². The number of nitrogens with two attached hydrogens (primary N) is 1. The normalized spacial score (nSPS) is 11.8. The third-order valence-electron chi connectivity index (χ3n) is 2.69. The number of hydrogen-bond acceptors (Lipinski definition) is 3. The van der Waals surface area contributed by atoms with Gasteiger partial charge in [-0.2, -0.15) is 5.26 Å². The Morgan fingerprint density at radius 1 is 1.24 bits per heavy atom. The molecule has 0 aliphatic carbocycles. The maximum atomic E-state index is 9.01. The smallest absolute Gasteiger partial charge is 0.101 e. The Morgan fingerprint density at radius 3 is 2.53 bits per heavy atom. The molecule has 1 aromatic carbocycles. The lowest BCUT2D eigenvalue weighted by atomic mass is 9.99. The van der Waals surface area contributed by atoms with Crippen LogP contribution in [0.1, 0.15) is 24.1 Å². The molecule has 1 atom stereocenters. The van der Waals surface area contributed by atoms with Crippen molar-refractivity contribution < 1.29 is 0 Å². The quantitative estimate of drug-likeness (QED) is 0.851. The van der Waals surface area contributed by atoms with Crippen LogP contribution in [-0.2, 0) is 0 Å². The van der Waals surface area contributed by atoms with Gasteiger partial charge in [0.2, 0.25) is 0 Å². The van der Waals surface area contributed by atoms with Crippen LogP contribution in [0.15, 0.2) is 42.7 Å². The first-order valence-electron chi connectivity index (χ1n) is 5.42. The Labute approximate surface area is 101 Å². The van der Waals surface area contributed by atoms with E-state index in [-0.39, 0.29) is 6.04 Å². The van der Waals surface area contributed by atoms with Crippen molar-refractivity contribution in [2.45, 2.75) is 13.0 Å². The van der Waals surface area contributed by atoms with Crippen molar-refractivity contribution in [2.24, 2.45) is 5.73 Å². The SMILES string of the molecule is C[C@@H](N)c1ccc(-c2ccncc2C#N)cc1. The van der Waals surface area contributed by atoms with Gasteiger partial charge in [0.05, 0.1) is 5.56 Å². The molecule has 0 spiro atoms. The minimum atomic E-state index is 0.0249. The van der Waals surface area contributed by atoms with Crippen LogP contribution in [-0.4, -0.2) is 4.98 Å². The summed E-state index contributed by atoms with van der Waals surface area (Å²) in [5.41, 5.74) is 9.37. The van der Waals surface area contributed by atoms with Gasteiger partial charge >= 0.3 is 0 Å². The molecule has 0 fully saturated rings. The van der Waals surface area contributed by atoms with E-state index in [0.717, 1.165) is 16.7 Å². The molecule has 2 aromatic rings. The van der Waals surface area contributed by atoms with Crippen molar-refractivity contribution in [2.75, 3.05) is 0 Å². The molecule has 0 radical (unpaired) electrons. The van der Waals surface area contributed by atoms with Gasteiger partial charge < -0.3 is 5.73 Å². The van der Waals surface area contributed by atoms with Gasteiger partial charge in [0.15, 0.2) is 0 Å². The first-order chi connectivity index (χ1) is 8.22. The molecular weight excluding hydrogens is 210 g/mol. The second-order valence-corrected chi connectivity index (χ2v) is 3.94. The van der Waals surface area contributed by atoms with Gasteiger partial charge in [-0.05, 0) is 24.1 Å². The summed E-state index contributed by atoms with van der Waals surface area (Å²) in [6.45, 7) is 1.95. The molecule has 0 aliphatic heterocycles. The van der Waals surface area contributed by atoms with E-state index in [1.54, 1.807) is 12.4 Å². The highest BCUT2D eigenvalue weighted by atomic mass is 14.6. The highest BCUT2D eigenvalue weighted by molar-refractivity contribution is 5.69. The fourth-order valence-electron chi connectivity index (χ4n) is 1.70. The van der Waals surface area contributed by atoms with Crippen molar-refractivity contribution in [3.63, 3.8) is 0 Å². The average molecular weight is 223 g/mol. The molecule has 2 N–H and O–H groups in total. The largest absolute Gasteiger partial charge is 0.324 e. The average Bonchev–Trinajstić information content (AvgIpc) is 2.39. The molecule has 1 aromatic heterocycles. The molecular formula is C14H13N3. The Morgan fingerprint density at radius 2 is 1.94 bits per heavy atom. The predicted molar refractivity (Wildman–Crippen MR) is 67.0 cm³/mol. The van der Waals surface area contributed by atoms with Crippen LogP contribution in [0, 0.1) is 11.3 Å². The molecule has 17 heavy (non-hydrogen) atoms. The van der Waals surface area contributed by atoms with Gasteiger partial charge in [-0.15, -0.1) is 0 Å². The Kier molecular flexibility index (Phi) is 3.17. The lowest BCUT2D eigenvalue weighted by Gasteiger charge is -2.07. The molecule has 0 amide bonds. The third-order valence-corrected chi connectivity index (χ3v) is 2.69. The van der Waals surface area contributed by atoms with E-state index in [2.05, 4.69) is 11.1 Å². The number of pyridine rings is 1. The summed E-state index contributed by atoms with van der Waals surface area (Å²) >= 11 is 0. The van der Waals surface area contributed by atoms with Crippen LogP contribution in [0.4, 0.5) is 0 Å². The second kappa shape index (κ2) is 4.77.